The van der Waals surface area contributed by atoms with Crippen molar-refractivity contribution in [2.24, 2.45) is 0 Å². The van der Waals surface area contributed by atoms with E-state index in [2.05, 4.69) is 48.2 Å². The summed E-state index contributed by atoms with van der Waals surface area (Å²) in [6, 6.07) is 7.66. The monoisotopic (exact) mass is 353 g/mol. The van der Waals surface area contributed by atoms with Gasteiger partial charge in [0.05, 0.1) is 12.8 Å². The highest BCUT2D eigenvalue weighted by Crippen LogP contribution is 2.30. The van der Waals surface area contributed by atoms with Gasteiger partial charge < -0.3 is 4.74 Å². The number of amides is 1. The molecule has 0 spiro atoms. The van der Waals surface area contributed by atoms with Gasteiger partial charge in [-0.1, -0.05) is 6.07 Å². The lowest BCUT2D eigenvalue weighted by Crippen LogP contribution is -2.13. The number of hydrogen-bond donors (Lipinski definition) is 1. The third-order valence-corrected chi connectivity index (χ3v) is 4.81. The number of carbonyl (C=O) groups is 1. The summed E-state index contributed by atoms with van der Waals surface area (Å²) in [5.41, 5.74) is 5.97. The lowest BCUT2D eigenvalue weighted by atomic mass is 9.99. The van der Waals surface area contributed by atoms with Crippen LogP contribution in [0.5, 0.6) is 5.88 Å². The standard InChI is InChI=1S/C19H19N3O2S/c1-11-8-13(3)15(9-12(11)2)16-10-25-19(21-16)22-17(23)14-6-5-7-20-18(14)24-4/h5-10H,1-4H3,(H,21,22,23). The van der Waals surface area contributed by atoms with Crippen LogP contribution in [0.25, 0.3) is 11.3 Å². The SMILES string of the molecule is COc1ncccc1C(=O)Nc1nc(-c2cc(C)c(C)cc2C)cs1. The van der Waals surface area contributed by atoms with Crippen LogP contribution < -0.4 is 10.1 Å². The maximum atomic E-state index is 12.4. The van der Waals surface area contributed by atoms with Gasteiger partial charge >= 0.3 is 0 Å². The summed E-state index contributed by atoms with van der Waals surface area (Å²) in [4.78, 5) is 21.0. The van der Waals surface area contributed by atoms with Crippen LogP contribution >= 0.6 is 11.3 Å². The van der Waals surface area contributed by atoms with E-state index in [1.54, 1.807) is 18.3 Å². The predicted molar refractivity (Wildman–Crippen MR) is 101 cm³/mol. The van der Waals surface area contributed by atoms with Gasteiger partial charge in [-0.2, -0.15) is 0 Å². The van der Waals surface area contributed by atoms with Gasteiger partial charge in [0, 0.05) is 17.1 Å². The van der Waals surface area contributed by atoms with Gasteiger partial charge in [0.15, 0.2) is 5.13 Å². The van der Waals surface area contributed by atoms with Crippen molar-refractivity contribution < 1.29 is 9.53 Å². The first-order chi connectivity index (χ1) is 12.0. The highest BCUT2D eigenvalue weighted by Gasteiger charge is 2.15. The topological polar surface area (TPSA) is 64.1 Å². The van der Waals surface area contributed by atoms with E-state index in [0.717, 1.165) is 11.3 Å². The van der Waals surface area contributed by atoms with Gasteiger partial charge in [0.1, 0.15) is 5.56 Å². The molecule has 0 atom stereocenters. The van der Waals surface area contributed by atoms with Crippen molar-refractivity contribution in [3.05, 3.63) is 58.1 Å². The molecule has 3 aromatic rings. The van der Waals surface area contributed by atoms with E-state index in [4.69, 9.17) is 4.74 Å². The second kappa shape index (κ2) is 7.03. The number of aryl methyl sites for hydroxylation is 3. The molecule has 6 heteroatoms. The normalized spacial score (nSPS) is 10.6. The van der Waals surface area contributed by atoms with Gasteiger partial charge in [-0.3, -0.25) is 10.1 Å². The summed E-state index contributed by atoms with van der Waals surface area (Å²) >= 11 is 1.40. The van der Waals surface area contributed by atoms with Crippen molar-refractivity contribution in [3.63, 3.8) is 0 Å². The average molecular weight is 353 g/mol. The highest BCUT2D eigenvalue weighted by molar-refractivity contribution is 7.14. The Hall–Kier alpha value is -2.73. The number of hydrogen-bond acceptors (Lipinski definition) is 5. The maximum Gasteiger partial charge on any atom is 0.262 e. The van der Waals surface area contributed by atoms with E-state index >= 15 is 0 Å². The van der Waals surface area contributed by atoms with Gasteiger partial charge in [0.2, 0.25) is 5.88 Å². The molecule has 128 valence electrons. The smallest absolute Gasteiger partial charge is 0.262 e. The van der Waals surface area contributed by atoms with Crippen LogP contribution in [0.2, 0.25) is 0 Å². The van der Waals surface area contributed by atoms with Crippen molar-refractivity contribution in [1.29, 1.82) is 0 Å². The van der Waals surface area contributed by atoms with Crippen LogP contribution in [-0.2, 0) is 0 Å². The molecule has 3 rings (SSSR count). The molecule has 1 amide bonds. The quantitative estimate of drug-likeness (QED) is 0.755. The fourth-order valence-corrected chi connectivity index (χ4v) is 3.29. The van der Waals surface area contributed by atoms with E-state index in [9.17, 15) is 4.79 Å². The minimum Gasteiger partial charge on any atom is -0.480 e. The van der Waals surface area contributed by atoms with E-state index in [1.807, 2.05) is 5.38 Å². The third-order valence-electron chi connectivity index (χ3n) is 4.05. The first-order valence-electron chi connectivity index (χ1n) is 7.83. The van der Waals surface area contributed by atoms with E-state index in [1.165, 1.54) is 35.1 Å². The number of nitrogens with zero attached hydrogens (tertiary/aromatic N) is 2. The van der Waals surface area contributed by atoms with Gasteiger partial charge in [-0.15, -0.1) is 11.3 Å². The molecule has 0 fully saturated rings. The number of anilines is 1. The number of thiazole rings is 1. The van der Waals surface area contributed by atoms with Crippen molar-refractivity contribution in [1.82, 2.24) is 9.97 Å². The fraction of sp³-hybridized carbons (Fsp3) is 0.211. The number of carbonyl (C=O) groups excluding carboxylic acids is 1. The Bertz CT molecular complexity index is 934. The van der Waals surface area contributed by atoms with Crippen LogP contribution in [0.4, 0.5) is 5.13 Å². The molecule has 2 aromatic heterocycles. The van der Waals surface area contributed by atoms with Crippen molar-refractivity contribution in [2.75, 3.05) is 12.4 Å². The van der Waals surface area contributed by atoms with Crippen LogP contribution in [0, 0.1) is 20.8 Å². The number of benzene rings is 1. The zero-order valence-electron chi connectivity index (χ0n) is 14.6. The first kappa shape index (κ1) is 17.1. The van der Waals surface area contributed by atoms with Crippen LogP contribution in [-0.4, -0.2) is 23.0 Å². The lowest BCUT2D eigenvalue weighted by Gasteiger charge is -2.08. The van der Waals surface area contributed by atoms with Crippen LogP contribution in [0.1, 0.15) is 27.0 Å². The number of methoxy groups -OCH3 is 1. The minimum atomic E-state index is -0.289. The summed E-state index contributed by atoms with van der Waals surface area (Å²) in [7, 11) is 1.49. The van der Waals surface area contributed by atoms with Crippen molar-refractivity contribution >= 4 is 22.4 Å². The Morgan fingerprint density at radius 1 is 1.16 bits per heavy atom. The Morgan fingerprint density at radius 3 is 2.68 bits per heavy atom. The second-order valence-corrected chi connectivity index (χ2v) is 6.66. The van der Waals surface area contributed by atoms with E-state index in [0.29, 0.717) is 16.6 Å². The summed E-state index contributed by atoms with van der Waals surface area (Å²) in [6.07, 6.45) is 1.58. The molecule has 1 aromatic carbocycles. The average Bonchev–Trinajstić information content (AvgIpc) is 3.06. The highest BCUT2D eigenvalue weighted by atomic mass is 32.1. The second-order valence-electron chi connectivity index (χ2n) is 5.80. The molecule has 0 saturated carbocycles. The molecule has 1 N–H and O–H groups in total. The lowest BCUT2D eigenvalue weighted by molar-refractivity contribution is 0.102. The third kappa shape index (κ3) is 3.53. The minimum absolute atomic E-state index is 0.289. The summed E-state index contributed by atoms with van der Waals surface area (Å²) in [5.74, 6) is 0.00411. The van der Waals surface area contributed by atoms with E-state index in [-0.39, 0.29) is 5.91 Å². The van der Waals surface area contributed by atoms with Gasteiger partial charge in [-0.25, -0.2) is 9.97 Å². The van der Waals surface area contributed by atoms with Gasteiger partial charge in [0.25, 0.3) is 5.91 Å². The molecule has 0 aliphatic carbocycles. The number of nitrogens with one attached hydrogen (secondary N) is 1. The Kier molecular flexibility index (Phi) is 4.81. The molecule has 0 unspecified atom stereocenters. The van der Waals surface area contributed by atoms with Crippen molar-refractivity contribution in [3.8, 4) is 17.1 Å². The van der Waals surface area contributed by atoms with Crippen LogP contribution in [0.3, 0.4) is 0 Å². The first-order valence-corrected chi connectivity index (χ1v) is 8.71. The van der Waals surface area contributed by atoms with Crippen LogP contribution in [0.15, 0.2) is 35.8 Å². The fourth-order valence-electron chi connectivity index (χ4n) is 2.58. The maximum absolute atomic E-state index is 12.4. The molecule has 0 aliphatic heterocycles. The summed E-state index contributed by atoms with van der Waals surface area (Å²) < 4.78 is 5.13. The molecular weight excluding hydrogens is 334 g/mol. The molecule has 0 aliphatic rings. The Balaban J connectivity index is 1.85. The molecule has 25 heavy (non-hydrogen) atoms. The zero-order chi connectivity index (χ0) is 18.0. The number of aromatic nitrogens is 2. The van der Waals surface area contributed by atoms with E-state index < -0.39 is 0 Å². The molecule has 0 bridgehead atoms. The number of ether oxygens (including phenoxy) is 1. The molecule has 0 saturated heterocycles. The summed E-state index contributed by atoms with van der Waals surface area (Å²) in [5, 5.41) is 5.31. The molecule has 2 heterocycles. The largest absolute Gasteiger partial charge is 0.480 e. The van der Waals surface area contributed by atoms with Crippen molar-refractivity contribution in [2.45, 2.75) is 20.8 Å². The zero-order valence-corrected chi connectivity index (χ0v) is 15.4. The number of rotatable bonds is 4. The van der Waals surface area contributed by atoms with Gasteiger partial charge in [-0.05, 0) is 55.7 Å². The summed E-state index contributed by atoms with van der Waals surface area (Å²) in [6.45, 7) is 6.25. The predicted octanol–water partition coefficient (Wildman–Crippen LogP) is 4.39. The Labute approximate surface area is 150 Å². The number of pyridine rings is 1. The molecule has 5 nitrogen and oxygen atoms in total. The molecule has 0 radical (unpaired) electrons. The Morgan fingerprint density at radius 2 is 1.92 bits per heavy atom. The molecular formula is C19H19N3O2S.